The second-order valence-electron chi connectivity index (χ2n) is 6.64. The number of carbonyl (C=O) groups is 1. The zero-order valence-electron chi connectivity index (χ0n) is 15.5. The maximum Gasteiger partial charge on any atom is 0.339 e. The number of carbonyl (C=O) groups excluding carboxylic acids is 1. The highest BCUT2D eigenvalue weighted by Gasteiger charge is 2.18. The van der Waals surface area contributed by atoms with Gasteiger partial charge in [0.25, 0.3) is 0 Å². The van der Waals surface area contributed by atoms with Crippen molar-refractivity contribution in [3.05, 3.63) is 78.1 Å². The molecule has 2 heterocycles. The molecule has 1 aliphatic rings. The summed E-state index contributed by atoms with van der Waals surface area (Å²) in [7, 11) is 0. The van der Waals surface area contributed by atoms with Crippen LogP contribution in [-0.4, -0.2) is 34.2 Å². The second kappa shape index (κ2) is 9.08. The summed E-state index contributed by atoms with van der Waals surface area (Å²) in [4.78, 5) is 13.5. The van der Waals surface area contributed by atoms with E-state index in [2.05, 4.69) is 5.10 Å². The van der Waals surface area contributed by atoms with Crippen LogP contribution in [0, 0.1) is 0 Å². The number of thioether (sulfide) groups is 1. The molecule has 6 heteroatoms. The summed E-state index contributed by atoms with van der Waals surface area (Å²) >= 11 is 1.66. The van der Waals surface area contributed by atoms with Crippen LogP contribution in [0.4, 0.5) is 0 Å². The van der Waals surface area contributed by atoms with E-state index in [1.165, 1.54) is 0 Å². The molecule has 0 radical (unpaired) electrons. The van der Waals surface area contributed by atoms with Gasteiger partial charge >= 0.3 is 5.97 Å². The zero-order valence-corrected chi connectivity index (χ0v) is 16.3. The quantitative estimate of drug-likeness (QED) is 0.436. The first-order valence-electron chi connectivity index (χ1n) is 9.39. The highest BCUT2D eigenvalue weighted by Crippen LogP contribution is 2.27. The minimum atomic E-state index is -0.299. The van der Waals surface area contributed by atoms with Gasteiger partial charge in [-0.2, -0.15) is 5.10 Å². The molecular formula is C22H22N2O3S. The van der Waals surface area contributed by atoms with Gasteiger partial charge in [-0.25, -0.2) is 9.48 Å². The number of nitrogens with zero attached hydrogens (tertiary/aromatic N) is 2. The molecule has 28 heavy (non-hydrogen) atoms. The van der Waals surface area contributed by atoms with E-state index in [1.807, 2.05) is 60.8 Å². The Hall–Kier alpha value is -2.57. The monoisotopic (exact) mass is 394 g/mol. The molecule has 4 rings (SSSR count). The summed E-state index contributed by atoms with van der Waals surface area (Å²) in [6.07, 6.45) is 6.12. The number of hydrogen-bond acceptors (Lipinski definition) is 5. The van der Waals surface area contributed by atoms with Gasteiger partial charge in [-0.3, -0.25) is 0 Å². The van der Waals surface area contributed by atoms with Crippen LogP contribution in [0.25, 0.3) is 5.69 Å². The Labute approximate surface area is 168 Å². The molecule has 1 fully saturated rings. The Morgan fingerprint density at radius 3 is 2.79 bits per heavy atom. The molecule has 3 aromatic rings. The average Bonchev–Trinajstić information content (AvgIpc) is 3.45. The van der Waals surface area contributed by atoms with Crippen molar-refractivity contribution in [2.24, 2.45) is 0 Å². The summed E-state index contributed by atoms with van der Waals surface area (Å²) in [6, 6.07) is 17.3. The lowest BCUT2D eigenvalue weighted by Crippen LogP contribution is -2.10. The van der Waals surface area contributed by atoms with Crippen LogP contribution in [0.1, 0.15) is 28.8 Å². The molecule has 0 saturated carbocycles. The lowest BCUT2D eigenvalue weighted by Gasteiger charge is -2.12. The van der Waals surface area contributed by atoms with Crippen molar-refractivity contribution in [3.8, 4) is 5.69 Å². The summed E-state index contributed by atoms with van der Waals surface area (Å²) in [5, 5.41) is 4.21. The Kier molecular flexibility index (Phi) is 6.09. The van der Waals surface area contributed by atoms with Crippen molar-refractivity contribution >= 4 is 17.7 Å². The Morgan fingerprint density at radius 2 is 2.04 bits per heavy atom. The molecule has 2 aromatic carbocycles. The number of rotatable bonds is 7. The fourth-order valence-corrected chi connectivity index (χ4v) is 4.22. The molecule has 144 valence electrons. The van der Waals surface area contributed by atoms with Crippen LogP contribution < -0.4 is 0 Å². The molecule has 0 bridgehead atoms. The van der Waals surface area contributed by atoms with Crippen molar-refractivity contribution in [1.29, 1.82) is 0 Å². The minimum Gasteiger partial charge on any atom is -0.457 e. The van der Waals surface area contributed by atoms with E-state index in [4.69, 9.17) is 9.47 Å². The Bertz CT molecular complexity index is 904. The van der Waals surface area contributed by atoms with Crippen LogP contribution >= 0.6 is 11.8 Å². The zero-order chi connectivity index (χ0) is 19.2. The largest absolute Gasteiger partial charge is 0.457 e. The van der Waals surface area contributed by atoms with Gasteiger partial charge in [-0.05, 0) is 48.7 Å². The van der Waals surface area contributed by atoms with Crippen LogP contribution in [0.2, 0.25) is 0 Å². The van der Waals surface area contributed by atoms with E-state index >= 15 is 0 Å². The molecule has 1 saturated heterocycles. The number of ether oxygens (including phenoxy) is 2. The van der Waals surface area contributed by atoms with Crippen LogP contribution in [0.3, 0.4) is 0 Å². The third-order valence-corrected chi connectivity index (χ3v) is 5.84. The van der Waals surface area contributed by atoms with Crippen molar-refractivity contribution in [3.63, 3.8) is 0 Å². The Balaban J connectivity index is 1.35. The number of esters is 1. The lowest BCUT2D eigenvalue weighted by molar-refractivity contribution is 0.0468. The predicted octanol–water partition coefficient (Wildman–Crippen LogP) is 4.50. The lowest BCUT2D eigenvalue weighted by atomic mass is 10.2. The minimum absolute atomic E-state index is 0.239. The van der Waals surface area contributed by atoms with Gasteiger partial charge in [-0.1, -0.05) is 24.3 Å². The number of hydrogen-bond donors (Lipinski definition) is 0. The molecule has 0 aliphatic carbocycles. The van der Waals surface area contributed by atoms with E-state index in [-0.39, 0.29) is 18.7 Å². The first-order chi connectivity index (χ1) is 13.8. The van der Waals surface area contributed by atoms with Crippen molar-refractivity contribution in [2.75, 3.05) is 12.4 Å². The summed E-state index contributed by atoms with van der Waals surface area (Å²) in [5.41, 5.74) is 2.52. The third-order valence-electron chi connectivity index (χ3n) is 4.63. The fraction of sp³-hybridized carbons (Fsp3) is 0.273. The van der Waals surface area contributed by atoms with Gasteiger partial charge in [0.2, 0.25) is 0 Å². The first kappa shape index (κ1) is 18.8. The average molecular weight is 394 g/mol. The molecule has 1 aromatic heterocycles. The van der Waals surface area contributed by atoms with Crippen LogP contribution in [0.15, 0.2) is 71.9 Å². The maximum atomic E-state index is 12.6. The third kappa shape index (κ3) is 4.64. The highest BCUT2D eigenvalue weighted by molar-refractivity contribution is 7.99. The standard InChI is InChI=1S/C22H22N2O3S/c25-22(20-6-1-2-7-21(20)28-16-19-5-3-14-26-19)27-15-17-8-10-18(11-9-17)24-13-4-12-23-24/h1-2,4,6-13,19H,3,5,14-16H2. The molecule has 0 N–H and O–H groups in total. The molecule has 5 nitrogen and oxygen atoms in total. The summed E-state index contributed by atoms with van der Waals surface area (Å²) in [5.74, 6) is 0.561. The SMILES string of the molecule is O=C(OCc1ccc(-n2cccn2)cc1)c1ccccc1SCC1CCCO1. The normalized spacial score (nSPS) is 16.2. The predicted molar refractivity (Wildman–Crippen MR) is 109 cm³/mol. The van der Waals surface area contributed by atoms with Gasteiger partial charge in [0.15, 0.2) is 0 Å². The van der Waals surface area contributed by atoms with Gasteiger partial charge in [-0.15, -0.1) is 11.8 Å². The molecule has 1 aliphatic heterocycles. The molecule has 0 spiro atoms. The fourth-order valence-electron chi connectivity index (χ4n) is 3.11. The number of benzene rings is 2. The van der Waals surface area contributed by atoms with Gasteiger partial charge in [0.05, 0.1) is 17.4 Å². The highest BCUT2D eigenvalue weighted by atomic mass is 32.2. The summed E-state index contributed by atoms with van der Waals surface area (Å²) in [6.45, 7) is 1.08. The van der Waals surface area contributed by atoms with Crippen LogP contribution in [-0.2, 0) is 16.1 Å². The molecule has 1 unspecified atom stereocenters. The Morgan fingerprint density at radius 1 is 1.18 bits per heavy atom. The van der Waals surface area contributed by atoms with Gasteiger partial charge in [0.1, 0.15) is 6.61 Å². The summed E-state index contributed by atoms with van der Waals surface area (Å²) < 4.78 is 13.0. The molecular weight excluding hydrogens is 372 g/mol. The maximum absolute atomic E-state index is 12.6. The smallest absolute Gasteiger partial charge is 0.339 e. The van der Waals surface area contributed by atoms with Crippen molar-refractivity contribution in [2.45, 2.75) is 30.4 Å². The molecule has 1 atom stereocenters. The number of aromatic nitrogens is 2. The first-order valence-corrected chi connectivity index (χ1v) is 10.4. The van der Waals surface area contributed by atoms with Gasteiger partial charge in [0, 0.05) is 29.6 Å². The van der Waals surface area contributed by atoms with E-state index in [0.717, 1.165) is 41.3 Å². The van der Waals surface area contributed by atoms with E-state index < -0.39 is 0 Å². The van der Waals surface area contributed by atoms with E-state index in [0.29, 0.717) is 5.56 Å². The van der Waals surface area contributed by atoms with Crippen molar-refractivity contribution in [1.82, 2.24) is 9.78 Å². The van der Waals surface area contributed by atoms with Crippen LogP contribution in [0.5, 0.6) is 0 Å². The second-order valence-corrected chi connectivity index (χ2v) is 7.70. The van der Waals surface area contributed by atoms with Crippen molar-refractivity contribution < 1.29 is 14.3 Å². The van der Waals surface area contributed by atoms with E-state index in [1.54, 1.807) is 22.6 Å². The van der Waals surface area contributed by atoms with Gasteiger partial charge < -0.3 is 9.47 Å². The topological polar surface area (TPSA) is 53.4 Å². The molecule has 0 amide bonds. The van der Waals surface area contributed by atoms with E-state index in [9.17, 15) is 4.79 Å².